The van der Waals surface area contributed by atoms with Gasteiger partial charge in [0.25, 0.3) is 0 Å². The molecule has 0 radical (unpaired) electrons. The first-order valence-electron chi connectivity index (χ1n) is 11.3. The lowest BCUT2D eigenvalue weighted by atomic mass is 9.85. The van der Waals surface area contributed by atoms with Gasteiger partial charge in [-0.15, -0.1) is 0 Å². The summed E-state index contributed by atoms with van der Waals surface area (Å²) in [5.74, 6) is 0.189. The monoisotopic (exact) mass is 484 g/mol. The molecule has 1 aromatic rings. The summed E-state index contributed by atoms with van der Waals surface area (Å²) < 4.78 is 47.9. The molecule has 1 aliphatic heterocycles. The number of sulfone groups is 1. The first-order valence-corrected chi connectivity index (χ1v) is 12.9. The molecule has 1 aromatic carbocycles. The largest absolute Gasteiger partial charge is 0.492 e. The van der Waals surface area contributed by atoms with E-state index in [0.717, 1.165) is 25.7 Å². The summed E-state index contributed by atoms with van der Waals surface area (Å²) in [5, 5.41) is 0. The van der Waals surface area contributed by atoms with E-state index in [4.69, 9.17) is 9.47 Å². The molecule has 0 bridgehead atoms. The fraction of sp³-hybridized carbons (Fsp3) is 0.652. The van der Waals surface area contributed by atoms with E-state index < -0.39 is 27.5 Å². The van der Waals surface area contributed by atoms with Crippen molar-refractivity contribution in [1.29, 1.82) is 0 Å². The fourth-order valence-corrected chi connectivity index (χ4v) is 5.12. The van der Waals surface area contributed by atoms with Crippen LogP contribution >= 0.6 is 0 Å². The Kier molecular flexibility index (Phi) is 8.00. The smallest absolute Gasteiger partial charge is 0.417 e. The molecule has 1 saturated heterocycles. The van der Waals surface area contributed by atoms with Crippen molar-refractivity contribution in [3.63, 3.8) is 0 Å². The second-order valence-electron chi connectivity index (χ2n) is 9.65. The normalized spacial score (nSPS) is 22.8. The van der Waals surface area contributed by atoms with Gasteiger partial charge < -0.3 is 9.47 Å². The first kappa shape index (κ1) is 25.4. The molecule has 2 amide bonds. The van der Waals surface area contributed by atoms with Crippen molar-refractivity contribution >= 4 is 21.8 Å². The summed E-state index contributed by atoms with van der Waals surface area (Å²) in [6.45, 7) is 6.80. The zero-order valence-corrected chi connectivity index (χ0v) is 20.3. The average molecular weight is 485 g/mol. The summed E-state index contributed by atoms with van der Waals surface area (Å²) in [6, 6.07) is 4.91. The van der Waals surface area contributed by atoms with E-state index in [1.165, 1.54) is 11.0 Å². The number of imide groups is 1. The molecule has 8 nitrogen and oxygen atoms in total. The molecule has 0 aromatic heterocycles. The molecule has 184 valence electrons. The number of hydrogen-bond donors (Lipinski definition) is 0. The van der Waals surface area contributed by atoms with Gasteiger partial charge in [0.15, 0.2) is 6.01 Å². The van der Waals surface area contributed by atoms with E-state index in [1.54, 1.807) is 39.0 Å². The highest BCUT2D eigenvalue weighted by Gasteiger charge is 2.36. The number of carbonyl (C=O) groups is 2. The molecule has 0 N–H and O–H groups in total. The van der Waals surface area contributed by atoms with Crippen LogP contribution in [-0.4, -0.2) is 74.1 Å². The first-order chi connectivity index (χ1) is 15.5. The second-order valence-corrected chi connectivity index (χ2v) is 11.5. The van der Waals surface area contributed by atoms with E-state index in [-0.39, 0.29) is 35.1 Å². The molecule has 1 saturated carbocycles. The van der Waals surface area contributed by atoms with Gasteiger partial charge >= 0.3 is 6.09 Å². The maximum atomic E-state index is 12.9. The number of piperazine rings is 1. The molecule has 0 spiro atoms. The molecule has 2 fully saturated rings. The van der Waals surface area contributed by atoms with Crippen LogP contribution in [0.4, 0.5) is 9.18 Å². The Hall–Kier alpha value is -2.20. The zero-order chi connectivity index (χ0) is 24.2. The third-order valence-corrected chi connectivity index (χ3v) is 7.29. The number of rotatable bonds is 6. The Morgan fingerprint density at radius 2 is 1.79 bits per heavy atom. The highest BCUT2D eigenvalue weighted by Crippen LogP contribution is 2.31. The minimum absolute atomic E-state index is 0.123. The van der Waals surface area contributed by atoms with Crippen molar-refractivity contribution in [1.82, 2.24) is 9.80 Å². The number of halogens is 1. The quantitative estimate of drug-likeness (QED) is 0.611. The Morgan fingerprint density at radius 3 is 2.39 bits per heavy atom. The van der Waals surface area contributed by atoms with Gasteiger partial charge in [0.2, 0.25) is 15.7 Å². The molecule has 0 atom stereocenters. The van der Waals surface area contributed by atoms with Gasteiger partial charge in [0, 0.05) is 19.1 Å². The highest BCUT2D eigenvalue weighted by molar-refractivity contribution is 7.91. The number of amides is 2. The Labute approximate surface area is 194 Å². The standard InChI is InChI=1S/C23H33FN2O6S/c1-23(2,3)32-22(28)26-13-12-25(14-21(26)27)18-10-8-17(9-11-18)15-31-19-6-4-5-7-20(19)33(29,30)16-24/h4-7,17-18H,8-16H2,1-3H3. The minimum atomic E-state index is -4.00. The number of carbonyl (C=O) groups excluding carboxylic acids is 2. The fourth-order valence-electron chi connectivity index (χ4n) is 4.28. The Balaban J connectivity index is 1.48. The molecular formula is C23H33FN2O6S. The van der Waals surface area contributed by atoms with E-state index >= 15 is 0 Å². The van der Waals surface area contributed by atoms with Crippen LogP contribution in [0.1, 0.15) is 46.5 Å². The lowest BCUT2D eigenvalue weighted by Crippen LogP contribution is -2.56. The Morgan fingerprint density at radius 1 is 1.12 bits per heavy atom. The lowest BCUT2D eigenvalue weighted by Gasteiger charge is -2.41. The van der Waals surface area contributed by atoms with Crippen LogP contribution in [0, 0.1) is 5.92 Å². The maximum absolute atomic E-state index is 12.9. The number of ether oxygens (including phenoxy) is 2. The topological polar surface area (TPSA) is 93.2 Å². The van der Waals surface area contributed by atoms with Gasteiger partial charge in [-0.1, -0.05) is 12.1 Å². The zero-order valence-electron chi connectivity index (χ0n) is 19.5. The van der Waals surface area contributed by atoms with Gasteiger partial charge in [0.1, 0.15) is 16.2 Å². The van der Waals surface area contributed by atoms with Crippen molar-refractivity contribution in [2.24, 2.45) is 5.92 Å². The van der Waals surface area contributed by atoms with Crippen molar-refractivity contribution in [2.75, 3.05) is 32.2 Å². The number of nitrogens with zero attached hydrogens (tertiary/aromatic N) is 2. The summed E-state index contributed by atoms with van der Waals surface area (Å²) >= 11 is 0. The minimum Gasteiger partial charge on any atom is -0.492 e. The lowest BCUT2D eigenvalue weighted by molar-refractivity contribution is -0.136. The van der Waals surface area contributed by atoms with Crippen molar-refractivity contribution in [3.05, 3.63) is 24.3 Å². The predicted octanol–water partition coefficient (Wildman–Crippen LogP) is 3.40. The number of para-hydroxylation sites is 1. The molecule has 2 aliphatic rings. The van der Waals surface area contributed by atoms with Crippen LogP contribution in [0.25, 0.3) is 0 Å². The van der Waals surface area contributed by atoms with E-state index in [0.29, 0.717) is 19.7 Å². The summed E-state index contributed by atoms with van der Waals surface area (Å²) in [5.41, 5.74) is -0.647. The highest BCUT2D eigenvalue weighted by atomic mass is 32.2. The predicted molar refractivity (Wildman–Crippen MR) is 120 cm³/mol. The third-order valence-electron chi connectivity index (χ3n) is 6.00. The van der Waals surface area contributed by atoms with Gasteiger partial charge in [-0.25, -0.2) is 22.5 Å². The Bertz CT molecular complexity index is 954. The number of alkyl halides is 1. The van der Waals surface area contributed by atoms with Gasteiger partial charge in [-0.2, -0.15) is 0 Å². The van der Waals surface area contributed by atoms with Crippen LogP contribution in [0.15, 0.2) is 29.2 Å². The molecule has 10 heteroatoms. The number of hydrogen-bond acceptors (Lipinski definition) is 7. The van der Waals surface area contributed by atoms with Crippen LogP contribution in [-0.2, 0) is 19.4 Å². The SMILES string of the molecule is CC(C)(C)OC(=O)N1CCN(C2CCC(COc3ccccc3S(=O)(=O)CF)CC2)CC1=O. The van der Waals surface area contributed by atoms with Crippen LogP contribution < -0.4 is 4.74 Å². The summed E-state index contributed by atoms with van der Waals surface area (Å²) in [7, 11) is -4.00. The van der Waals surface area contributed by atoms with Gasteiger partial charge in [0.05, 0.1) is 13.2 Å². The molecular weight excluding hydrogens is 451 g/mol. The van der Waals surface area contributed by atoms with E-state index in [2.05, 4.69) is 4.90 Å². The number of benzene rings is 1. The summed E-state index contributed by atoms with van der Waals surface area (Å²) in [6.07, 6.45) is 2.94. The maximum Gasteiger partial charge on any atom is 0.417 e. The summed E-state index contributed by atoms with van der Waals surface area (Å²) in [4.78, 5) is 28.0. The van der Waals surface area contributed by atoms with E-state index in [1.807, 2.05) is 0 Å². The van der Waals surface area contributed by atoms with Crippen LogP contribution in [0.5, 0.6) is 5.75 Å². The second kappa shape index (κ2) is 10.4. The van der Waals surface area contributed by atoms with E-state index in [9.17, 15) is 22.4 Å². The molecule has 3 rings (SSSR count). The molecule has 33 heavy (non-hydrogen) atoms. The van der Waals surface area contributed by atoms with Crippen LogP contribution in [0.2, 0.25) is 0 Å². The molecule has 0 unspecified atom stereocenters. The van der Waals surface area contributed by atoms with Gasteiger partial charge in [-0.3, -0.25) is 9.69 Å². The average Bonchev–Trinajstić information content (AvgIpc) is 2.77. The molecule has 1 aliphatic carbocycles. The van der Waals surface area contributed by atoms with Crippen LogP contribution in [0.3, 0.4) is 0 Å². The van der Waals surface area contributed by atoms with Crippen molar-refractivity contribution in [2.45, 2.75) is 63.0 Å². The molecule has 1 heterocycles. The van der Waals surface area contributed by atoms with Crippen molar-refractivity contribution in [3.8, 4) is 5.75 Å². The third kappa shape index (κ3) is 6.66. The van der Waals surface area contributed by atoms with Crippen molar-refractivity contribution < 1.29 is 31.9 Å². The van der Waals surface area contributed by atoms with Gasteiger partial charge in [-0.05, 0) is 64.5 Å².